The van der Waals surface area contributed by atoms with Crippen LogP contribution in [0.2, 0.25) is 0 Å². The van der Waals surface area contributed by atoms with Gasteiger partial charge in [-0.05, 0) is 43.4 Å². The summed E-state index contributed by atoms with van der Waals surface area (Å²) in [6.45, 7) is 1.53. The molecule has 1 aromatic carbocycles. The van der Waals surface area contributed by atoms with Crippen LogP contribution in [0, 0.1) is 0 Å². The van der Waals surface area contributed by atoms with Crippen LogP contribution in [-0.4, -0.2) is 20.3 Å². The van der Waals surface area contributed by atoms with Gasteiger partial charge in [0.15, 0.2) is 0 Å². The highest BCUT2D eigenvalue weighted by Gasteiger charge is 2.19. The zero-order valence-electron chi connectivity index (χ0n) is 9.74. The lowest BCUT2D eigenvalue weighted by Crippen LogP contribution is -2.07. The van der Waals surface area contributed by atoms with E-state index in [-0.39, 0.29) is 0 Å². The van der Waals surface area contributed by atoms with Crippen LogP contribution in [-0.2, 0) is 0 Å². The van der Waals surface area contributed by atoms with Gasteiger partial charge in [0.25, 0.3) is 0 Å². The van der Waals surface area contributed by atoms with E-state index in [0.29, 0.717) is 5.92 Å². The molecule has 0 saturated carbocycles. The van der Waals surface area contributed by atoms with Crippen LogP contribution in [0.3, 0.4) is 0 Å². The van der Waals surface area contributed by atoms with Crippen LogP contribution in [0.5, 0.6) is 11.5 Å². The van der Waals surface area contributed by atoms with Gasteiger partial charge in [-0.25, -0.2) is 0 Å². The molecule has 0 saturated heterocycles. The van der Waals surface area contributed by atoms with Crippen molar-refractivity contribution in [3.8, 4) is 11.5 Å². The van der Waals surface area contributed by atoms with Crippen LogP contribution in [0.1, 0.15) is 30.7 Å². The number of ether oxygens (including phenoxy) is 2. The zero-order valence-corrected chi connectivity index (χ0v) is 9.74. The molecule has 3 nitrogen and oxygen atoms in total. The summed E-state index contributed by atoms with van der Waals surface area (Å²) in [4.78, 5) is 0. The van der Waals surface area contributed by atoms with E-state index in [4.69, 9.17) is 15.2 Å². The summed E-state index contributed by atoms with van der Waals surface area (Å²) >= 11 is 0. The molecule has 0 radical (unpaired) electrons. The molecule has 3 heteroatoms. The third kappa shape index (κ3) is 2.30. The van der Waals surface area contributed by atoms with E-state index in [1.54, 1.807) is 7.11 Å². The van der Waals surface area contributed by atoms with Crippen molar-refractivity contribution in [3.05, 3.63) is 23.8 Å². The zero-order chi connectivity index (χ0) is 11.4. The van der Waals surface area contributed by atoms with Crippen molar-refractivity contribution < 1.29 is 9.47 Å². The number of benzene rings is 1. The average molecular weight is 221 g/mol. The van der Waals surface area contributed by atoms with E-state index in [1.165, 1.54) is 5.56 Å². The third-order valence-corrected chi connectivity index (χ3v) is 3.13. The Labute approximate surface area is 96.5 Å². The largest absolute Gasteiger partial charge is 0.497 e. The first kappa shape index (κ1) is 11.3. The maximum absolute atomic E-state index is 5.75. The van der Waals surface area contributed by atoms with Gasteiger partial charge in [0.2, 0.25) is 0 Å². The summed E-state index contributed by atoms with van der Waals surface area (Å²) in [5.41, 5.74) is 6.94. The van der Waals surface area contributed by atoms with Crippen LogP contribution in [0.25, 0.3) is 0 Å². The highest BCUT2D eigenvalue weighted by Crippen LogP contribution is 2.37. The molecule has 1 heterocycles. The summed E-state index contributed by atoms with van der Waals surface area (Å²) in [7, 11) is 1.68. The summed E-state index contributed by atoms with van der Waals surface area (Å²) < 4.78 is 11.0. The van der Waals surface area contributed by atoms with Crippen molar-refractivity contribution in [2.24, 2.45) is 5.73 Å². The minimum Gasteiger partial charge on any atom is -0.497 e. The van der Waals surface area contributed by atoms with Crippen LogP contribution >= 0.6 is 0 Å². The van der Waals surface area contributed by atoms with E-state index in [0.717, 1.165) is 43.9 Å². The van der Waals surface area contributed by atoms with Gasteiger partial charge in [0, 0.05) is 6.07 Å². The fourth-order valence-electron chi connectivity index (χ4n) is 2.27. The van der Waals surface area contributed by atoms with Crippen molar-refractivity contribution in [3.63, 3.8) is 0 Å². The molecule has 2 N–H and O–H groups in total. The van der Waals surface area contributed by atoms with E-state index < -0.39 is 0 Å². The van der Waals surface area contributed by atoms with Crippen molar-refractivity contribution in [1.29, 1.82) is 0 Å². The summed E-state index contributed by atoms with van der Waals surface area (Å²) in [5, 5.41) is 0. The van der Waals surface area contributed by atoms with E-state index in [2.05, 4.69) is 6.07 Å². The van der Waals surface area contributed by atoms with Crippen LogP contribution in [0.4, 0.5) is 0 Å². The number of hydrogen-bond donors (Lipinski definition) is 1. The maximum atomic E-state index is 5.75. The smallest absolute Gasteiger partial charge is 0.126 e. The quantitative estimate of drug-likeness (QED) is 0.851. The molecular formula is C13H19NO2. The Hall–Kier alpha value is -1.22. The predicted molar refractivity (Wildman–Crippen MR) is 64.1 cm³/mol. The van der Waals surface area contributed by atoms with Gasteiger partial charge in [-0.3, -0.25) is 0 Å². The number of hydrogen-bond acceptors (Lipinski definition) is 3. The van der Waals surface area contributed by atoms with Gasteiger partial charge in [-0.1, -0.05) is 6.07 Å². The number of methoxy groups -OCH3 is 1. The van der Waals surface area contributed by atoms with E-state index in [1.807, 2.05) is 12.1 Å². The lowest BCUT2D eigenvalue weighted by atomic mass is 9.91. The molecule has 16 heavy (non-hydrogen) atoms. The Kier molecular flexibility index (Phi) is 3.67. The molecule has 1 aliphatic heterocycles. The molecule has 0 bridgehead atoms. The normalized spacial score (nSPS) is 19.5. The molecule has 1 atom stereocenters. The van der Waals surface area contributed by atoms with Gasteiger partial charge < -0.3 is 15.2 Å². The molecule has 1 aromatic rings. The Morgan fingerprint density at radius 2 is 2.38 bits per heavy atom. The van der Waals surface area contributed by atoms with Crippen molar-refractivity contribution in [2.45, 2.75) is 25.2 Å². The molecule has 0 aliphatic carbocycles. The fraction of sp³-hybridized carbons (Fsp3) is 0.538. The molecule has 1 unspecified atom stereocenters. The van der Waals surface area contributed by atoms with Gasteiger partial charge in [0.05, 0.1) is 13.7 Å². The molecule has 0 spiro atoms. The van der Waals surface area contributed by atoms with Gasteiger partial charge >= 0.3 is 0 Å². The Morgan fingerprint density at radius 3 is 3.12 bits per heavy atom. The fourth-order valence-corrected chi connectivity index (χ4v) is 2.27. The topological polar surface area (TPSA) is 44.5 Å². The Morgan fingerprint density at radius 1 is 1.50 bits per heavy atom. The Balaban J connectivity index is 2.30. The lowest BCUT2D eigenvalue weighted by molar-refractivity contribution is 0.313. The summed E-state index contributed by atoms with van der Waals surface area (Å²) in [6.07, 6.45) is 3.29. The highest BCUT2D eigenvalue weighted by molar-refractivity contribution is 5.43. The van der Waals surface area contributed by atoms with E-state index in [9.17, 15) is 0 Å². The first-order chi connectivity index (χ1) is 7.85. The lowest BCUT2D eigenvalue weighted by Gasteiger charge is -2.16. The van der Waals surface area contributed by atoms with Crippen molar-refractivity contribution in [1.82, 2.24) is 0 Å². The first-order valence-corrected chi connectivity index (χ1v) is 5.86. The van der Waals surface area contributed by atoms with Gasteiger partial charge in [-0.2, -0.15) is 0 Å². The standard InChI is InChI=1S/C13H19NO2/c1-15-11-4-5-12-10(6-7-14)3-2-8-16-13(12)9-11/h4-5,9-10H,2-3,6-8,14H2,1H3. The molecule has 0 fully saturated rings. The van der Waals surface area contributed by atoms with Crippen LogP contribution in [0.15, 0.2) is 18.2 Å². The molecule has 0 amide bonds. The minimum atomic E-state index is 0.536. The first-order valence-electron chi connectivity index (χ1n) is 5.86. The number of rotatable bonds is 3. The molecule has 0 aromatic heterocycles. The number of fused-ring (bicyclic) bond motifs is 1. The minimum absolute atomic E-state index is 0.536. The van der Waals surface area contributed by atoms with Crippen molar-refractivity contribution >= 4 is 0 Å². The van der Waals surface area contributed by atoms with Gasteiger partial charge in [0.1, 0.15) is 11.5 Å². The maximum Gasteiger partial charge on any atom is 0.126 e. The predicted octanol–water partition coefficient (Wildman–Crippen LogP) is 2.30. The SMILES string of the molecule is COc1ccc2c(c1)OCCCC2CCN. The monoisotopic (exact) mass is 221 g/mol. The van der Waals surface area contributed by atoms with Crippen molar-refractivity contribution in [2.75, 3.05) is 20.3 Å². The average Bonchev–Trinajstić information content (AvgIpc) is 2.52. The number of nitrogens with two attached hydrogens (primary N) is 1. The van der Waals surface area contributed by atoms with Crippen LogP contribution < -0.4 is 15.2 Å². The molecule has 1 aliphatic rings. The summed E-state index contributed by atoms with van der Waals surface area (Å²) in [6, 6.07) is 6.08. The third-order valence-electron chi connectivity index (χ3n) is 3.13. The molecular weight excluding hydrogens is 202 g/mol. The highest BCUT2D eigenvalue weighted by atomic mass is 16.5. The van der Waals surface area contributed by atoms with Gasteiger partial charge in [-0.15, -0.1) is 0 Å². The Bertz CT molecular complexity index is 352. The summed E-state index contributed by atoms with van der Waals surface area (Å²) in [5.74, 6) is 2.36. The van der Waals surface area contributed by atoms with E-state index >= 15 is 0 Å². The second-order valence-electron chi connectivity index (χ2n) is 4.17. The molecule has 2 rings (SSSR count). The second kappa shape index (κ2) is 5.21. The second-order valence-corrected chi connectivity index (χ2v) is 4.17. The molecule has 88 valence electrons.